The molecule has 0 bridgehead atoms. The largest absolute Gasteiger partial charge is 0.367 e. The van der Waals surface area contributed by atoms with Gasteiger partial charge in [-0.15, -0.1) is 0 Å². The Morgan fingerprint density at radius 2 is 1.36 bits per heavy atom. The predicted octanol–water partition coefficient (Wildman–Crippen LogP) is 6.90. The Bertz CT molecular complexity index is 812. The number of halogens is 1. The van der Waals surface area contributed by atoms with Crippen molar-refractivity contribution in [2.24, 2.45) is 0 Å². The first-order chi connectivity index (χ1) is 13.0. The molecule has 0 aromatic heterocycles. The van der Waals surface area contributed by atoms with E-state index in [0.29, 0.717) is 5.56 Å². The fourth-order valence-corrected chi connectivity index (χ4v) is 5.56. The molecule has 4 nitrogen and oxygen atoms in total. The third-order valence-electron chi connectivity index (χ3n) is 4.18. The summed E-state index contributed by atoms with van der Waals surface area (Å²) in [4.78, 5) is 0. The topological polar surface area (TPSA) is 47.6 Å². The lowest BCUT2D eigenvalue weighted by atomic mass is 10.0. The molecule has 6 heteroatoms. The summed E-state index contributed by atoms with van der Waals surface area (Å²) in [7, 11) is -3.63. The van der Waals surface area contributed by atoms with Gasteiger partial charge in [0.25, 0.3) is 0 Å². The quantitative estimate of drug-likeness (QED) is 0.483. The molecule has 0 amide bonds. The average molecular weight is 407 g/mol. The van der Waals surface area contributed by atoms with E-state index < -0.39 is 13.4 Å². The van der Waals surface area contributed by atoms with Crippen LogP contribution in [0.3, 0.4) is 0 Å². The van der Waals surface area contributed by atoms with Gasteiger partial charge in [-0.1, -0.05) is 29.8 Å². The van der Waals surface area contributed by atoms with E-state index in [0.717, 1.165) is 22.4 Å². The molecule has 0 saturated heterocycles. The van der Waals surface area contributed by atoms with E-state index in [4.69, 9.17) is 9.05 Å². The molecule has 0 heterocycles. The number of hydrogen-bond donors (Lipinski definition) is 1. The van der Waals surface area contributed by atoms with Crippen LogP contribution in [0.1, 0.15) is 55.7 Å². The maximum Gasteiger partial charge on any atom is 0.357 e. The Morgan fingerprint density at radius 1 is 0.893 bits per heavy atom. The molecule has 2 rings (SSSR count). The van der Waals surface area contributed by atoms with E-state index in [2.05, 4.69) is 17.4 Å². The van der Waals surface area contributed by atoms with Gasteiger partial charge in [-0.3, -0.25) is 4.57 Å². The Hall–Kier alpha value is -1.68. The van der Waals surface area contributed by atoms with Gasteiger partial charge in [-0.05, 0) is 77.3 Å². The Morgan fingerprint density at radius 3 is 1.79 bits per heavy atom. The second-order valence-electron chi connectivity index (χ2n) is 7.72. The van der Waals surface area contributed by atoms with Crippen molar-refractivity contribution in [1.29, 1.82) is 0 Å². The summed E-state index contributed by atoms with van der Waals surface area (Å²) in [5.41, 5.74) is 4.74. The van der Waals surface area contributed by atoms with E-state index in [-0.39, 0.29) is 18.0 Å². The summed E-state index contributed by atoms with van der Waals surface area (Å²) >= 11 is 0. The van der Waals surface area contributed by atoms with Gasteiger partial charge in [0, 0.05) is 5.69 Å². The van der Waals surface area contributed by atoms with Gasteiger partial charge in [0.2, 0.25) is 0 Å². The number of nitrogens with one attached hydrogen (secondary N) is 1. The van der Waals surface area contributed by atoms with Crippen LogP contribution in [0, 0.1) is 26.6 Å². The monoisotopic (exact) mass is 407 g/mol. The smallest absolute Gasteiger partial charge is 0.357 e. The highest BCUT2D eigenvalue weighted by atomic mass is 31.2. The third kappa shape index (κ3) is 5.66. The summed E-state index contributed by atoms with van der Waals surface area (Å²) in [6, 6.07) is 10.1. The minimum absolute atomic E-state index is 0.297. The molecule has 1 N–H and O–H groups in total. The highest BCUT2D eigenvalue weighted by molar-refractivity contribution is 7.54. The first-order valence-corrected chi connectivity index (χ1v) is 11.2. The van der Waals surface area contributed by atoms with E-state index in [1.165, 1.54) is 12.1 Å². The fourth-order valence-electron chi connectivity index (χ4n) is 3.27. The predicted molar refractivity (Wildman–Crippen MR) is 113 cm³/mol. The van der Waals surface area contributed by atoms with Crippen molar-refractivity contribution >= 4 is 13.3 Å². The van der Waals surface area contributed by atoms with Crippen LogP contribution in [0.2, 0.25) is 0 Å². The lowest BCUT2D eigenvalue weighted by molar-refractivity contribution is 0.138. The van der Waals surface area contributed by atoms with E-state index in [9.17, 15) is 8.96 Å². The summed E-state index contributed by atoms with van der Waals surface area (Å²) < 4.78 is 39.1. The maximum atomic E-state index is 13.9. The number of aryl methyl sites for hydroxylation is 3. The lowest BCUT2D eigenvalue weighted by Crippen LogP contribution is -2.20. The van der Waals surface area contributed by atoms with Gasteiger partial charge >= 0.3 is 7.60 Å². The highest BCUT2D eigenvalue weighted by Gasteiger charge is 2.40. The Labute approximate surface area is 168 Å². The molecular formula is C22H31FNO3P. The molecule has 0 aliphatic rings. The van der Waals surface area contributed by atoms with Crippen molar-refractivity contribution in [3.63, 3.8) is 0 Å². The van der Waals surface area contributed by atoms with Gasteiger partial charge < -0.3 is 14.4 Å². The maximum absolute atomic E-state index is 13.9. The van der Waals surface area contributed by atoms with Crippen LogP contribution < -0.4 is 5.32 Å². The fraction of sp³-hybridized carbons (Fsp3) is 0.455. The molecule has 2 aromatic rings. The van der Waals surface area contributed by atoms with Crippen LogP contribution >= 0.6 is 7.60 Å². The molecule has 1 unspecified atom stereocenters. The van der Waals surface area contributed by atoms with Crippen molar-refractivity contribution in [2.75, 3.05) is 5.32 Å². The van der Waals surface area contributed by atoms with Crippen molar-refractivity contribution < 1.29 is 18.0 Å². The Kier molecular flexibility index (Phi) is 7.44. The molecule has 0 aliphatic carbocycles. The van der Waals surface area contributed by atoms with E-state index in [1.807, 2.05) is 48.5 Å². The van der Waals surface area contributed by atoms with Crippen LogP contribution in [-0.2, 0) is 13.6 Å². The van der Waals surface area contributed by atoms with Gasteiger partial charge in [-0.25, -0.2) is 4.39 Å². The number of hydrogen-bond acceptors (Lipinski definition) is 4. The Balaban J connectivity index is 2.59. The average Bonchev–Trinajstić information content (AvgIpc) is 2.53. The standard InChI is InChI=1S/C22H31FNO3P/c1-14(2)26-28(25,27-15(3)4)22(19-8-10-20(23)11-9-19)24-21-17(6)12-16(5)13-18(21)7/h8-15,22,24H,1-7H3. The molecule has 1 atom stereocenters. The molecule has 154 valence electrons. The molecule has 0 aliphatic heterocycles. The second kappa shape index (κ2) is 9.21. The zero-order chi connectivity index (χ0) is 21.1. The third-order valence-corrected chi connectivity index (χ3v) is 6.67. The zero-order valence-electron chi connectivity index (χ0n) is 17.7. The normalized spacial score (nSPS) is 13.2. The second-order valence-corrected chi connectivity index (χ2v) is 9.74. The molecular weight excluding hydrogens is 376 g/mol. The summed E-state index contributed by atoms with van der Waals surface area (Å²) in [6.07, 6.45) is -0.593. The zero-order valence-corrected chi connectivity index (χ0v) is 18.6. The van der Waals surface area contributed by atoms with Crippen LogP contribution in [0.4, 0.5) is 10.1 Å². The molecule has 0 saturated carbocycles. The molecule has 28 heavy (non-hydrogen) atoms. The first kappa shape index (κ1) is 22.6. The lowest BCUT2D eigenvalue weighted by Gasteiger charge is -2.32. The van der Waals surface area contributed by atoms with Crippen molar-refractivity contribution in [3.05, 3.63) is 64.5 Å². The van der Waals surface area contributed by atoms with Gasteiger partial charge in [0.15, 0.2) is 5.78 Å². The molecule has 0 fully saturated rings. The van der Waals surface area contributed by atoms with Crippen LogP contribution in [-0.4, -0.2) is 12.2 Å². The van der Waals surface area contributed by atoms with E-state index in [1.54, 1.807) is 12.1 Å². The van der Waals surface area contributed by atoms with Gasteiger partial charge in [0.1, 0.15) is 5.82 Å². The molecule has 0 spiro atoms. The van der Waals surface area contributed by atoms with Crippen molar-refractivity contribution in [3.8, 4) is 0 Å². The minimum Gasteiger partial charge on any atom is -0.367 e. The molecule has 0 radical (unpaired) electrons. The van der Waals surface area contributed by atoms with Crippen molar-refractivity contribution in [2.45, 2.75) is 66.5 Å². The SMILES string of the molecule is Cc1cc(C)c(NC(c2ccc(F)cc2)P(=O)(OC(C)C)OC(C)C)c(C)c1. The summed E-state index contributed by atoms with van der Waals surface area (Å²) in [6.45, 7) is 13.3. The number of benzene rings is 2. The number of anilines is 1. The van der Waals surface area contributed by atoms with Gasteiger partial charge in [0.05, 0.1) is 12.2 Å². The van der Waals surface area contributed by atoms with Crippen molar-refractivity contribution in [1.82, 2.24) is 0 Å². The minimum atomic E-state index is -3.63. The van der Waals surface area contributed by atoms with Crippen LogP contribution in [0.15, 0.2) is 36.4 Å². The summed E-state index contributed by atoms with van der Waals surface area (Å²) in [5, 5.41) is 3.39. The first-order valence-electron chi connectivity index (χ1n) is 9.58. The van der Waals surface area contributed by atoms with Gasteiger partial charge in [-0.2, -0.15) is 0 Å². The highest BCUT2D eigenvalue weighted by Crippen LogP contribution is 2.62. The van der Waals surface area contributed by atoms with Crippen LogP contribution in [0.25, 0.3) is 0 Å². The summed E-state index contributed by atoms with van der Waals surface area (Å²) in [5.74, 6) is -1.12. The molecule has 2 aromatic carbocycles. The van der Waals surface area contributed by atoms with E-state index >= 15 is 0 Å². The van der Waals surface area contributed by atoms with Crippen LogP contribution in [0.5, 0.6) is 0 Å². The number of rotatable bonds is 8.